The van der Waals surface area contributed by atoms with Gasteiger partial charge in [0.2, 0.25) is 0 Å². The molecule has 1 saturated heterocycles. The summed E-state index contributed by atoms with van der Waals surface area (Å²) < 4.78 is 1.55. The molecule has 0 bridgehead atoms. The van der Waals surface area contributed by atoms with Crippen LogP contribution in [0.1, 0.15) is 55.7 Å². The summed E-state index contributed by atoms with van der Waals surface area (Å²) in [6.45, 7) is 6.54. The minimum absolute atomic E-state index is 0.231. The van der Waals surface area contributed by atoms with Crippen molar-refractivity contribution in [3.05, 3.63) is 17.5 Å². The van der Waals surface area contributed by atoms with Gasteiger partial charge >= 0.3 is 5.97 Å². The van der Waals surface area contributed by atoms with Crippen LogP contribution in [0.25, 0.3) is 0 Å². The second-order valence-corrected chi connectivity index (χ2v) is 6.21. The fourth-order valence-corrected chi connectivity index (χ4v) is 2.74. The minimum atomic E-state index is -0.929. The molecule has 2 heterocycles. The smallest absolute Gasteiger partial charge is 0.326 e. The number of carboxylic acids is 1. The highest BCUT2D eigenvalue weighted by atomic mass is 16.4. The molecule has 1 N–H and O–H groups in total. The zero-order valence-corrected chi connectivity index (χ0v) is 13.0. The summed E-state index contributed by atoms with van der Waals surface area (Å²) in [6, 6.07) is 1.03. The van der Waals surface area contributed by atoms with E-state index in [9.17, 15) is 14.7 Å². The first-order valence-corrected chi connectivity index (χ1v) is 7.39. The molecular weight excluding hydrogens is 270 g/mol. The van der Waals surface area contributed by atoms with Crippen molar-refractivity contribution in [2.75, 3.05) is 6.54 Å². The van der Waals surface area contributed by atoms with Crippen molar-refractivity contribution in [1.82, 2.24) is 14.7 Å². The summed E-state index contributed by atoms with van der Waals surface area (Å²) >= 11 is 0. The van der Waals surface area contributed by atoms with Crippen LogP contribution in [0, 0.1) is 5.92 Å². The van der Waals surface area contributed by atoms with E-state index in [0.29, 0.717) is 24.6 Å². The zero-order chi connectivity index (χ0) is 15.7. The van der Waals surface area contributed by atoms with E-state index in [1.54, 1.807) is 17.8 Å². The van der Waals surface area contributed by atoms with E-state index in [2.05, 4.69) is 5.10 Å². The molecule has 1 amide bonds. The molecule has 1 aliphatic rings. The van der Waals surface area contributed by atoms with Gasteiger partial charge in [0.25, 0.3) is 5.91 Å². The molecule has 2 atom stereocenters. The molecule has 116 valence electrons. The predicted octanol–water partition coefficient (Wildman–Crippen LogP) is 1.87. The lowest BCUT2D eigenvalue weighted by molar-refractivity contribution is -0.144. The largest absolute Gasteiger partial charge is 0.480 e. The lowest BCUT2D eigenvalue weighted by Gasteiger charge is -2.35. The summed E-state index contributed by atoms with van der Waals surface area (Å²) in [4.78, 5) is 25.6. The van der Waals surface area contributed by atoms with Crippen molar-refractivity contribution in [1.29, 1.82) is 0 Å². The number of amides is 1. The molecular formula is C15H23N3O3. The van der Waals surface area contributed by atoms with E-state index in [-0.39, 0.29) is 11.8 Å². The van der Waals surface area contributed by atoms with Gasteiger partial charge in [0.1, 0.15) is 11.7 Å². The van der Waals surface area contributed by atoms with Crippen LogP contribution in [0.3, 0.4) is 0 Å². The fraction of sp³-hybridized carbons (Fsp3) is 0.667. The molecule has 1 aromatic heterocycles. The molecule has 6 nitrogen and oxygen atoms in total. The van der Waals surface area contributed by atoms with E-state index in [4.69, 9.17) is 0 Å². The van der Waals surface area contributed by atoms with Gasteiger partial charge in [-0.2, -0.15) is 5.10 Å². The Hall–Kier alpha value is -1.85. The van der Waals surface area contributed by atoms with E-state index >= 15 is 0 Å². The Morgan fingerprint density at radius 2 is 2.10 bits per heavy atom. The quantitative estimate of drug-likeness (QED) is 0.923. The number of aryl methyl sites for hydroxylation is 1. The van der Waals surface area contributed by atoms with Gasteiger partial charge in [0.05, 0.1) is 5.69 Å². The monoisotopic (exact) mass is 293 g/mol. The Balaban J connectivity index is 2.27. The molecule has 21 heavy (non-hydrogen) atoms. The highest BCUT2D eigenvalue weighted by Gasteiger charge is 2.36. The molecule has 6 heteroatoms. The first kappa shape index (κ1) is 15.5. The molecule has 0 radical (unpaired) electrons. The molecule has 1 fully saturated rings. The van der Waals surface area contributed by atoms with Gasteiger partial charge in [-0.25, -0.2) is 4.79 Å². The molecule has 0 spiro atoms. The number of hydrogen-bond acceptors (Lipinski definition) is 3. The molecule has 1 aliphatic heterocycles. The predicted molar refractivity (Wildman–Crippen MR) is 78.2 cm³/mol. The van der Waals surface area contributed by atoms with Crippen LogP contribution in [-0.4, -0.2) is 44.3 Å². The Labute approximate surface area is 124 Å². The third-order valence-corrected chi connectivity index (χ3v) is 4.12. The highest BCUT2D eigenvalue weighted by molar-refractivity contribution is 5.95. The van der Waals surface area contributed by atoms with Crippen LogP contribution < -0.4 is 0 Å². The maximum atomic E-state index is 12.7. The summed E-state index contributed by atoms with van der Waals surface area (Å²) in [5.74, 6) is -0.611. The number of rotatable bonds is 3. The third kappa shape index (κ3) is 3.09. The SMILES string of the molecule is CC1CCN(C(=O)c2cc(C(C)C)nn2C)C(C(=O)O)C1. The Kier molecular flexibility index (Phi) is 4.34. The van der Waals surface area contributed by atoms with Crippen molar-refractivity contribution < 1.29 is 14.7 Å². The maximum absolute atomic E-state index is 12.7. The van der Waals surface area contributed by atoms with Gasteiger partial charge in [-0.3, -0.25) is 9.48 Å². The number of carboxylic acid groups (broad SMARTS) is 1. The Morgan fingerprint density at radius 3 is 2.62 bits per heavy atom. The van der Waals surface area contributed by atoms with Crippen LogP contribution >= 0.6 is 0 Å². The number of nitrogens with zero attached hydrogens (tertiary/aromatic N) is 3. The number of carbonyl (C=O) groups excluding carboxylic acids is 1. The van der Waals surface area contributed by atoms with Crippen LogP contribution in [-0.2, 0) is 11.8 Å². The van der Waals surface area contributed by atoms with E-state index < -0.39 is 12.0 Å². The van der Waals surface area contributed by atoms with Gasteiger partial charge < -0.3 is 10.0 Å². The van der Waals surface area contributed by atoms with E-state index in [1.807, 2.05) is 20.8 Å². The van der Waals surface area contributed by atoms with Crippen molar-refractivity contribution in [3.8, 4) is 0 Å². The van der Waals surface area contributed by atoms with Gasteiger partial charge in [-0.1, -0.05) is 20.8 Å². The number of likely N-dealkylation sites (tertiary alicyclic amines) is 1. The van der Waals surface area contributed by atoms with Gasteiger partial charge in [-0.15, -0.1) is 0 Å². The molecule has 2 unspecified atom stereocenters. The summed E-state index contributed by atoms with van der Waals surface area (Å²) in [5.41, 5.74) is 1.30. The van der Waals surface area contributed by atoms with Crippen molar-refractivity contribution in [2.24, 2.45) is 13.0 Å². The lowest BCUT2D eigenvalue weighted by Crippen LogP contribution is -2.50. The van der Waals surface area contributed by atoms with Crippen LogP contribution in [0.5, 0.6) is 0 Å². The molecule has 2 rings (SSSR count). The zero-order valence-electron chi connectivity index (χ0n) is 13.0. The third-order valence-electron chi connectivity index (χ3n) is 4.12. The van der Waals surface area contributed by atoms with E-state index in [0.717, 1.165) is 12.1 Å². The lowest BCUT2D eigenvalue weighted by atomic mass is 9.92. The number of aromatic nitrogens is 2. The average molecular weight is 293 g/mol. The van der Waals surface area contributed by atoms with Crippen molar-refractivity contribution in [3.63, 3.8) is 0 Å². The number of hydrogen-bond donors (Lipinski definition) is 1. The number of carbonyl (C=O) groups is 2. The summed E-state index contributed by atoms with van der Waals surface area (Å²) in [7, 11) is 1.72. The van der Waals surface area contributed by atoms with Crippen molar-refractivity contribution >= 4 is 11.9 Å². The van der Waals surface area contributed by atoms with Gasteiger partial charge in [0.15, 0.2) is 0 Å². The number of aliphatic carboxylic acids is 1. The highest BCUT2D eigenvalue weighted by Crippen LogP contribution is 2.25. The Bertz CT molecular complexity index is 550. The molecule has 0 saturated carbocycles. The Morgan fingerprint density at radius 1 is 1.43 bits per heavy atom. The summed E-state index contributed by atoms with van der Waals surface area (Å²) in [6.07, 6.45) is 1.35. The second-order valence-electron chi connectivity index (χ2n) is 6.21. The average Bonchev–Trinajstić information content (AvgIpc) is 2.80. The molecule has 0 aromatic carbocycles. The van der Waals surface area contributed by atoms with Gasteiger partial charge in [-0.05, 0) is 30.7 Å². The normalized spacial score (nSPS) is 22.6. The number of piperidine rings is 1. The second kappa shape index (κ2) is 5.87. The van der Waals surface area contributed by atoms with E-state index in [1.165, 1.54) is 4.90 Å². The van der Waals surface area contributed by atoms with Crippen LogP contribution in [0.15, 0.2) is 6.07 Å². The summed E-state index contributed by atoms with van der Waals surface area (Å²) in [5, 5.41) is 13.7. The van der Waals surface area contributed by atoms with Gasteiger partial charge in [0, 0.05) is 13.6 Å². The first-order chi connectivity index (χ1) is 9.81. The standard InChI is InChI=1S/C15H23N3O3/c1-9(2)11-8-12(17(4)16-11)14(19)18-6-5-10(3)7-13(18)15(20)21/h8-10,13H,5-7H2,1-4H3,(H,20,21). The first-order valence-electron chi connectivity index (χ1n) is 7.39. The fourth-order valence-electron chi connectivity index (χ4n) is 2.74. The maximum Gasteiger partial charge on any atom is 0.326 e. The molecule has 1 aromatic rings. The van der Waals surface area contributed by atoms with Crippen LogP contribution in [0.4, 0.5) is 0 Å². The van der Waals surface area contributed by atoms with Crippen LogP contribution in [0.2, 0.25) is 0 Å². The van der Waals surface area contributed by atoms with Crippen molar-refractivity contribution in [2.45, 2.75) is 45.6 Å². The molecule has 0 aliphatic carbocycles. The topological polar surface area (TPSA) is 75.4 Å². The minimum Gasteiger partial charge on any atom is -0.480 e.